The Bertz CT molecular complexity index is 3110. The molecule has 1 atom stereocenters. The topological polar surface area (TPSA) is 342 Å². The van der Waals surface area contributed by atoms with Crippen LogP contribution in [0.25, 0.3) is 0 Å². The van der Waals surface area contributed by atoms with Gasteiger partial charge in [0.1, 0.15) is 53.1 Å². The van der Waals surface area contributed by atoms with Gasteiger partial charge in [0.05, 0.1) is 64.4 Å². The van der Waals surface area contributed by atoms with E-state index in [9.17, 15) is 18.0 Å². The largest absolute Gasteiger partial charge is 0.508 e. The van der Waals surface area contributed by atoms with Crippen molar-refractivity contribution in [3.8, 4) is 34.5 Å². The molecule has 10 rings (SSSR count). The normalized spacial score (nSPS) is 10.7. The summed E-state index contributed by atoms with van der Waals surface area (Å²) in [6, 6.07) is 50.6. The zero-order valence-electron chi connectivity index (χ0n) is 81.3. The van der Waals surface area contributed by atoms with Crippen LogP contribution in [0.3, 0.4) is 0 Å². The van der Waals surface area contributed by atoms with Crippen LogP contribution in [0.5, 0.6) is 34.5 Å². The number of thioether (sulfide) groups is 5. The number of rotatable bonds is 13. The third-order valence-electron chi connectivity index (χ3n) is 11.1. The summed E-state index contributed by atoms with van der Waals surface area (Å²) >= 11 is 12.6. The summed E-state index contributed by atoms with van der Waals surface area (Å²) in [6.07, 6.45) is 11.8. The van der Waals surface area contributed by atoms with Crippen molar-refractivity contribution in [1.29, 1.82) is 0 Å². The molecule has 0 bridgehead atoms. The van der Waals surface area contributed by atoms with Gasteiger partial charge in [-0.1, -0.05) is 115 Å². The van der Waals surface area contributed by atoms with Crippen LogP contribution in [0, 0.1) is 6.92 Å². The number of methoxy groups -OCH3 is 1. The van der Waals surface area contributed by atoms with Crippen LogP contribution < -0.4 is 24.8 Å². The van der Waals surface area contributed by atoms with E-state index in [0.29, 0.717) is 11.5 Å². The molecule has 7 aromatic rings. The van der Waals surface area contributed by atoms with Gasteiger partial charge in [-0.15, -0.1) is 71.4 Å². The van der Waals surface area contributed by atoms with Gasteiger partial charge in [0.25, 0.3) is 10.1 Å². The molecule has 126 heavy (non-hydrogen) atoms. The second-order valence-corrected chi connectivity index (χ2v) is 25.8. The average molecular weight is 1900 g/mol. The lowest BCUT2D eigenvalue weighted by Gasteiger charge is -2.02. The number of thiol groups is 1. The Kier molecular flexibility index (Phi) is 171. The summed E-state index contributed by atoms with van der Waals surface area (Å²) in [5.41, 5.74) is 0.956. The number of hydrogen-bond donors (Lipinski definition) is 10. The Morgan fingerprint density at radius 3 is 0.754 bits per heavy atom. The van der Waals surface area contributed by atoms with Gasteiger partial charge >= 0.3 is 6.03 Å². The summed E-state index contributed by atoms with van der Waals surface area (Å²) < 4.78 is 69.4. The fourth-order valence-corrected chi connectivity index (χ4v) is 8.98. The summed E-state index contributed by atoms with van der Waals surface area (Å²) in [7, 11) is -0.770. The molecule has 720 valence electrons. The van der Waals surface area contributed by atoms with Crippen molar-refractivity contribution in [3.05, 3.63) is 175 Å². The maximum atomic E-state index is 10.5. The molecule has 3 aliphatic heterocycles. The molecule has 3 heterocycles. The van der Waals surface area contributed by atoms with Crippen LogP contribution in [0.15, 0.2) is 204 Å². The van der Waals surface area contributed by atoms with Gasteiger partial charge in [-0.25, -0.2) is 4.79 Å². The Balaban J connectivity index is -0.0000000479. The number of hydrogen-bond acceptors (Lipinski definition) is 26. The van der Waals surface area contributed by atoms with Crippen LogP contribution >= 0.6 is 71.4 Å². The fourth-order valence-electron chi connectivity index (χ4n) is 6.31. The first-order valence-electron chi connectivity index (χ1n) is 39.7. The lowest BCUT2D eigenvalue weighted by molar-refractivity contribution is -0.119. The highest BCUT2D eigenvalue weighted by Gasteiger charge is 2.24. The molecule has 9 N–H and O–H groups in total. The molecule has 0 aliphatic carbocycles. The van der Waals surface area contributed by atoms with Gasteiger partial charge in [0.15, 0.2) is 12.6 Å². The van der Waals surface area contributed by atoms with E-state index in [0.717, 1.165) is 86.5 Å². The van der Waals surface area contributed by atoms with Crippen LogP contribution in [0.4, 0.5) is 4.79 Å². The van der Waals surface area contributed by atoms with E-state index in [1.807, 2.05) is 212 Å². The van der Waals surface area contributed by atoms with Crippen LogP contribution in [0.2, 0.25) is 0 Å². The molecule has 0 aromatic heterocycles. The minimum atomic E-state index is -4.02. The minimum absolute atomic E-state index is 0. The van der Waals surface area contributed by atoms with Gasteiger partial charge < -0.3 is 83.4 Å². The molecule has 0 spiro atoms. The first kappa shape index (κ1) is 163. The zero-order chi connectivity index (χ0) is 95.4. The van der Waals surface area contributed by atoms with Crippen LogP contribution in [0.1, 0.15) is 171 Å². The minimum Gasteiger partial charge on any atom is -0.508 e. The van der Waals surface area contributed by atoms with Crippen molar-refractivity contribution >= 4 is 157 Å². The molecule has 0 saturated carbocycles. The van der Waals surface area contributed by atoms with Gasteiger partial charge in [-0.2, -0.15) is 8.42 Å². The van der Waals surface area contributed by atoms with Crippen molar-refractivity contribution in [2.45, 2.75) is 219 Å². The Hall–Kier alpha value is -6.30. The predicted octanol–water partition coefficient (Wildman–Crippen LogP) is 21.1. The molecule has 3 fully saturated rings. The lowest BCUT2D eigenvalue weighted by atomic mass is 10.2. The number of aldehydes is 2. The summed E-state index contributed by atoms with van der Waals surface area (Å²) in [6.45, 7) is 51.1. The number of nitrogens with one attached hydrogen (secondary N) is 2. The van der Waals surface area contributed by atoms with Gasteiger partial charge in [0.2, 0.25) is 5.91 Å². The van der Waals surface area contributed by atoms with E-state index in [2.05, 4.69) is 83.2 Å². The molecule has 1 unspecified atom stereocenters. The SMILES string of the molecule is CC.CC.CC.CC.CC.CC.CC.CC1NC(=O)NC1=O.CC1OCCO1.CC1OCCO1.CC=O.CC=O.CCO.CCOc1ccc(SC)cc1.CCOc1ccc(SC)cc1.CCOc1ccc(SC)cc1.COC.CSc1ccc(O)cc1.CSc1ccc(O)cc1.Cc1ccc(S(=O)(=O)O)cc1.OCCO.Oc1ccc(S)cc1.[2HH].[2HH].[2HH].[2HH].[B].[B].[B].[B].[B].[B]. The highest BCUT2D eigenvalue weighted by molar-refractivity contribution is 7.99. The number of urea groups is 1. The van der Waals surface area contributed by atoms with Crippen LogP contribution in [-0.2, 0) is 48.2 Å². The first-order valence-corrected chi connectivity index (χ1v) is 47.7. The van der Waals surface area contributed by atoms with Gasteiger partial charge in [0, 0.05) is 106 Å². The van der Waals surface area contributed by atoms with Crippen molar-refractivity contribution in [3.63, 3.8) is 0 Å². The van der Waals surface area contributed by atoms with E-state index < -0.39 is 16.1 Å². The predicted molar refractivity (Wildman–Crippen MR) is 559 cm³/mol. The molecule has 7 aromatic carbocycles. The standard InChI is InChI=1S/3C9H12OS.C7H8O3S.2C7H8OS.C6H6OS.C4H6N2O2.2C4H8O2.C2H6O2.2C2H6O.2C2H4O.7C2H6.6B.4H2/c3*1-3-10-8-4-6-9(11-2)7-5-8;1-6-2-4-7(5-3-6)11(8,9)10;2*1-9-7-4-2-6(8)3-5-7;7-5-1-3-6(8)4-2-5;1-2-3(7)6-4(8)5-2;2*1-4-5-2-3-6-4;3-1-2-4;1-3-2;3*1-2-3;7*1-2;;;;;;;;;;/h3*4-7H,3H2,1-2H3;2-5H,1H3,(H,8,9,10);2*2-5,8H,1H3;1-4,7-8H;2H,1H3,(H2,5,6,7,8);2*4H,2-3H2,1H3;3-4H,1-2H2;1-2H3;3H,2H2,1H3;2*2H,1H3;7*1-2H3;;;;;;;4*1H/i;;;;;;;;;;;;;;;;;;;;;;;;;;;;4*1+1. The second-order valence-electron chi connectivity index (χ2n) is 19.5. The summed E-state index contributed by atoms with van der Waals surface area (Å²) in [5.74, 6) is 3.53. The number of aryl methyl sites for hydroxylation is 1. The highest BCUT2D eigenvalue weighted by atomic mass is 32.2. The van der Waals surface area contributed by atoms with E-state index in [1.165, 1.54) is 50.5 Å². The number of ether oxygens (including phenoxy) is 8. The number of amides is 3. The average Bonchev–Trinajstić information content (AvgIpc) is 1.15. The van der Waals surface area contributed by atoms with E-state index in [1.54, 1.807) is 148 Å². The smallest absolute Gasteiger partial charge is 0.322 e. The Morgan fingerprint density at radius 2 is 0.627 bits per heavy atom. The molecule has 3 saturated heterocycles. The monoisotopic (exact) mass is 1900 g/mol. The quantitative estimate of drug-likeness (QED) is 0.0128. The molecular weight excluding hydrogens is 1730 g/mol. The Morgan fingerprint density at radius 1 is 0.429 bits per heavy atom. The number of phenols is 3. The van der Waals surface area contributed by atoms with Gasteiger partial charge in [-0.05, 0) is 258 Å². The number of phenolic OH excluding ortho intramolecular Hbond substituents is 3. The first-order chi connectivity index (χ1) is 57.6. The van der Waals surface area contributed by atoms with Crippen molar-refractivity contribution in [2.24, 2.45) is 0 Å². The Labute approximate surface area is 808 Å². The molecule has 3 aliphatic rings. The van der Waals surface area contributed by atoms with E-state index >= 15 is 0 Å². The summed E-state index contributed by atoms with van der Waals surface area (Å²) in [4.78, 5) is 45.2. The van der Waals surface area contributed by atoms with Crippen LogP contribution in [-0.4, -0.2) is 249 Å². The molecular formula is C90H164B6N2O21S7. The van der Waals surface area contributed by atoms with Gasteiger partial charge in [-0.3, -0.25) is 14.7 Å². The summed E-state index contributed by atoms with van der Waals surface area (Å²) in [5, 5.41) is 53.7. The van der Waals surface area contributed by atoms with Crippen molar-refractivity contribution in [2.75, 3.05) is 112 Å². The third kappa shape index (κ3) is 120. The number of carbonyl (C=O) groups is 4. The maximum Gasteiger partial charge on any atom is 0.322 e. The number of benzene rings is 7. The lowest BCUT2D eigenvalue weighted by Crippen LogP contribution is -2.24. The second kappa shape index (κ2) is 132. The van der Waals surface area contributed by atoms with Crippen molar-refractivity contribution in [1.82, 2.24) is 10.6 Å². The van der Waals surface area contributed by atoms with Crippen molar-refractivity contribution < 1.29 is 106 Å². The molecule has 3 amide bonds. The number of imide groups is 1. The zero-order valence-corrected chi connectivity index (χ0v) is 87.1. The number of aliphatic hydroxyl groups excluding tert-OH is 3. The number of aliphatic hydroxyl groups is 3. The maximum absolute atomic E-state index is 10.5. The number of carbonyl (C=O) groups excluding carboxylic acids is 4. The van der Waals surface area contributed by atoms with E-state index in [-0.39, 0.29) is 111 Å². The third-order valence-corrected chi connectivity index (χ3v) is 16.0. The van der Waals surface area contributed by atoms with E-state index in [4.69, 9.17) is 77.9 Å². The molecule has 18 radical (unpaired) electrons. The molecule has 23 nitrogen and oxygen atoms in total. The highest BCUT2D eigenvalue weighted by Crippen LogP contribution is 2.22. The number of aromatic hydroxyl groups is 3. The fraction of sp³-hybridized carbons (Fsp3) is 0.489. The molecule has 36 heteroatoms.